The Morgan fingerprint density at radius 1 is 1.19 bits per heavy atom. The van der Waals surface area contributed by atoms with Crippen LogP contribution in [0.25, 0.3) is 6.08 Å². The predicted molar refractivity (Wildman–Crippen MR) is 119 cm³/mol. The normalized spacial score (nSPS) is 12.2. The van der Waals surface area contributed by atoms with Crippen molar-refractivity contribution in [1.29, 1.82) is 0 Å². The van der Waals surface area contributed by atoms with Gasteiger partial charge in [-0.1, -0.05) is 67.1 Å². The number of imidazole rings is 1. The average molecular weight is 418 g/mol. The Kier molecular flexibility index (Phi) is 7.51. The minimum atomic E-state index is -0.949. The summed E-state index contributed by atoms with van der Waals surface area (Å²) in [4.78, 5) is 28.1. The van der Waals surface area contributed by atoms with Crippen LogP contribution >= 0.6 is 0 Å². The molecule has 1 aromatic heterocycles. The van der Waals surface area contributed by atoms with Gasteiger partial charge in [0.25, 0.3) is 0 Å². The minimum Gasteiger partial charge on any atom is -0.479 e. The van der Waals surface area contributed by atoms with E-state index >= 15 is 0 Å². The molecule has 1 heterocycles. The highest BCUT2D eigenvalue weighted by Crippen LogP contribution is 2.13. The van der Waals surface area contributed by atoms with Crippen molar-refractivity contribution >= 4 is 17.8 Å². The molecule has 0 aliphatic rings. The smallest absolute Gasteiger partial charge is 0.332 e. The summed E-state index contributed by atoms with van der Waals surface area (Å²) in [5.74, 6) is -0.661. The number of carbonyl (C=O) groups excluding carboxylic acids is 1. The molecule has 3 rings (SSSR count). The van der Waals surface area contributed by atoms with Crippen molar-refractivity contribution in [3.63, 3.8) is 0 Å². The quantitative estimate of drug-likeness (QED) is 0.490. The Bertz CT molecular complexity index is 1070. The van der Waals surface area contributed by atoms with E-state index in [4.69, 9.17) is 9.84 Å². The number of rotatable bonds is 10. The maximum absolute atomic E-state index is 12.8. The van der Waals surface area contributed by atoms with Crippen LogP contribution in [0, 0.1) is 6.92 Å². The van der Waals surface area contributed by atoms with Crippen LogP contribution in [0.15, 0.2) is 67.0 Å². The number of allylic oxidation sites excluding steroid dienone is 1. The largest absolute Gasteiger partial charge is 0.479 e. The molecular formula is C25H26N2O4. The molecule has 2 aromatic carbocycles. The van der Waals surface area contributed by atoms with Gasteiger partial charge in [-0.25, -0.2) is 9.78 Å². The highest BCUT2D eigenvalue weighted by atomic mass is 16.5. The molecular weight excluding hydrogens is 392 g/mol. The number of hydrogen-bond acceptors (Lipinski definition) is 4. The van der Waals surface area contributed by atoms with Crippen molar-refractivity contribution in [2.75, 3.05) is 0 Å². The van der Waals surface area contributed by atoms with Crippen molar-refractivity contribution in [2.24, 2.45) is 0 Å². The number of nitrogens with zero attached hydrogens (tertiary/aromatic N) is 2. The monoisotopic (exact) mass is 418 g/mol. The molecule has 6 nitrogen and oxygen atoms in total. The van der Waals surface area contributed by atoms with Gasteiger partial charge in [0.05, 0.1) is 6.61 Å². The Morgan fingerprint density at radius 3 is 2.68 bits per heavy atom. The standard InChI is InChI=1S/C25H26N2O4/c1-3-22(25(29)30)31-17-20-7-4-6-19(16-20)8-5-14-27-15-13-26-24(27)23(28)21-11-9-18(2)10-12-21/h4-13,15-16,22H,3,14,17H2,1-2H3,(H,29,30)/b8-5+. The maximum Gasteiger partial charge on any atom is 0.332 e. The van der Waals surface area contributed by atoms with Gasteiger partial charge in [-0.05, 0) is 30.5 Å². The van der Waals surface area contributed by atoms with Crippen LogP contribution in [0.4, 0.5) is 0 Å². The molecule has 0 aliphatic heterocycles. The second kappa shape index (κ2) is 10.5. The highest BCUT2D eigenvalue weighted by molar-refractivity contribution is 6.06. The summed E-state index contributed by atoms with van der Waals surface area (Å²) < 4.78 is 7.28. The number of carbonyl (C=O) groups is 2. The fraction of sp³-hybridized carbons (Fsp3) is 0.240. The number of ketones is 1. The van der Waals surface area contributed by atoms with Crippen LogP contribution in [0.5, 0.6) is 0 Å². The molecule has 0 bridgehead atoms. The molecule has 0 radical (unpaired) electrons. The number of aryl methyl sites for hydroxylation is 1. The van der Waals surface area contributed by atoms with Crippen LogP contribution in [0.1, 0.15) is 46.2 Å². The second-order valence-electron chi connectivity index (χ2n) is 7.29. The summed E-state index contributed by atoms with van der Waals surface area (Å²) in [5.41, 5.74) is 3.58. The van der Waals surface area contributed by atoms with Gasteiger partial charge in [0, 0.05) is 24.5 Å². The highest BCUT2D eigenvalue weighted by Gasteiger charge is 2.15. The van der Waals surface area contributed by atoms with Crippen molar-refractivity contribution in [2.45, 2.75) is 39.5 Å². The van der Waals surface area contributed by atoms with E-state index < -0.39 is 12.1 Å². The maximum atomic E-state index is 12.8. The molecule has 160 valence electrons. The Hall–Kier alpha value is -3.51. The molecule has 1 atom stereocenters. The summed E-state index contributed by atoms with van der Waals surface area (Å²) in [6.07, 6.45) is 6.94. The zero-order chi connectivity index (χ0) is 22.2. The topological polar surface area (TPSA) is 81.4 Å². The van der Waals surface area contributed by atoms with E-state index in [0.717, 1.165) is 16.7 Å². The van der Waals surface area contributed by atoms with E-state index in [-0.39, 0.29) is 12.4 Å². The van der Waals surface area contributed by atoms with E-state index in [9.17, 15) is 9.59 Å². The molecule has 0 saturated carbocycles. The summed E-state index contributed by atoms with van der Waals surface area (Å²) >= 11 is 0. The lowest BCUT2D eigenvalue weighted by molar-refractivity contribution is -0.151. The van der Waals surface area contributed by atoms with Crippen molar-refractivity contribution in [3.05, 3.63) is 95.1 Å². The van der Waals surface area contributed by atoms with Gasteiger partial charge < -0.3 is 14.4 Å². The number of benzene rings is 2. The van der Waals surface area contributed by atoms with Gasteiger partial charge in [-0.3, -0.25) is 4.79 Å². The van der Waals surface area contributed by atoms with Gasteiger partial charge in [0.2, 0.25) is 5.78 Å². The first-order chi connectivity index (χ1) is 15.0. The number of carboxylic acid groups (broad SMARTS) is 1. The number of aromatic nitrogens is 2. The van der Waals surface area contributed by atoms with E-state index in [1.165, 1.54) is 0 Å². The minimum absolute atomic E-state index is 0.110. The van der Waals surface area contributed by atoms with Gasteiger partial charge in [-0.2, -0.15) is 0 Å². The van der Waals surface area contributed by atoms with E-state index in [0.29, 0.717) is 24.4 Å². The molecule has 3 aromatic rings. The first-order valence-electron chi connectivity index (χ1n) is 10.2. The average Bonchev–Trinajstić information content (AvgIpc) is 3.23. The molecule has 1 N–H and O–H groups in total. The predicted octanol–water partition coefficient (Wildman–Crippen LogP) is 4.52. The van der Waals surface area contributed by atoms with Crippen molar-refractivity contribution in [3.8, 4) is 0 Å². The van der Waals surface area contributed by atoms with Crippen molar-refractivity contribution in [1.82, 2.24) is 9.55 Å². The zero-order valence-electron chi connectivity index (χ0n) is 17.7. The third kappa shape index (κ3) is 5.99. The molecule has 6 heteroatoms. The van der Waals surface area contributed by atoms with Crippen LogP contribution in [0.3, 0.4) is 0 Å². The SMILES string of the molecule is CCC(OCc1cccc(/C=C/Cn2ccnc2C(=O)c2ccc(C)cc2)c1)C(=O)O. The zero-order valence-corrected chi connectivity index (χ0v) is 17.7. The molecule has 0 fully saturated rings. The number of carboxylic acids is 1. The number of ether oxygens (including phenoxy) is 1. The Balaban J connectivity index is 1.64. The first kappa shape index (κ1) is 22.2. The summed E-state index contributed by atoms with van der Waals surface area (Å²) in [6, 6.07) is 15.2. The van der Waals surface area contributed by atoms with Crippen LogP contribution in [-0.4, -0.2) is 32.5 Å². The molecule has 0 aliphatic carbocycles. The first-order valence-corrected chi connectivity index (χ1v) is 10.2. The molecule has 0 spiro atoms. The number of aliphatic carboxylic acids is 1. The molecule has 0 amide bonds. The fourth-order valence-electron chi connectivity index (χ4n) is 3.15. The van der Waals surface area contributed by atoms with Gasteiger partial charge in [0.15, 0.2) is 11.9 Å². The van der Waals surface area contributed by atoms with Crippen LogP contribution < -0.4 is 0 Å². The third-order valence-corrected chi connectivity index (χ3v) is 4.89. The van der Waals surface area contributed by atoms with E-state index in [2.05, 4.69) is 4.98 Å². The fourth-order valence-corrected chi connectivity index (χ4v) is 3.15. The second-order valence-corrected chi connectivity index (χ2v) is 7.29. The third-order valence-electron chi connectivity index (χ3n) is 4.89. The van der Waals surface area contributed by atoms with Gasteiger partial charge in [0.1, 0.15) is 0 Å². The van der Waals surface area contributed by atoms with Crippen molar-refractivity contribution < 1.29 is 19.4 Å². The van der Waals surface area contributed by atoms with E-state index in [1.807, 2.05) is 72.2 Å². The molecule has 1 unspecified atom stereocenters. The Morgan fingerprint density at radius 2 is 1.97 bits per heavy atom. The number of hydrogen-bond donors (Lipinski definition) is 1. The molecule has 31 heavy (non-hydrogen) atoms. The lowest BCUT2D eigenvalue weighted by Gasteiger charge is -2.11. The van der Waals surface area contributed by atoms with Crippen LogP contribution in [-0.2, 0) is 22.7 Å². The molecule has 0 saturated heterocycles. The summed E-state index contributed by atoms with van der Waals surface area (Å²) in [7, 11) is 0. The summed E-state index contributed by atoms with van der Waals surface area (Å²) in [6.45, 7) is 4.51. The van der Waals surface area contributed by atoms with Gasteiger partial charge in [-0.15, -0.1) is 0 Å². The van der Waals surface area contributed by atoms with Crippen LogP contribution in [0.2, 0.25) is 0 Å². The van der Waals surface area contributed by atoms with Gasteiger partial charge >= 0.3 is 5.97 Å². The van der Waals surface area contributed by atoms with E-state index in [1.54, 1.807) is 19.3 Å². The lowest BCUT2D eigenvalue weighted by atomic mass is 10.1. The Labute approximate surface area is 181 Å². The lowest BCUT2D eigenvalue weighted by Crippen LogP contribution is -2.22. The summed E-state index contributed by atoms with van der Waals surface area (Å²) in [5, 5.41) is 9.09.